The maximum absolute atomic E-state index is 9.89. The standard InChI is InChI=1S/C26H19N7OS/c1-15-7-18(8-19(11-27)25-31-21-10-24(34-3)30-14-22(21)32-25)16(2)33(15)26-20(12-28)9-23(35-26)17-5-4-6-29-13-17/h4-10,13-14H,1-3H3,(H,31,32)/b19-8+. The van der Waals surface area contributed by atoms with Gasteiger partial charge in [-0.15, -0.1) is 11.3 Å². The number of aromatic amines is 1. The molecule has 0 aliphatic heterocycles. The van der Waals surface area contributed by atoms with E-state index in [9.17, 15) is 10.5 Å². The van der Waals surface area contributed by atoms with Gasteiger partial charge in [0.15, 0.2) is 0 Å². The molecule has 170 valence electrons. The van der Waals surface area contributed by atoms with Gasteiger partial charge in [-0.25, -0.2) is 9.97 Å². The summed E-state index contributed by atoms with van der Waals surface area (Å²) in [5.74, 6) is 0.909. The van der Waals surface area contributed by atoms with E-state index in [1.165, 1.54) is 11.3 Å². The smallest absolute Gasteiger partial charge is 0.215 e. The van der Waals surface area contributed by atoms with E-state index in [1.807, 2.05) is 44.2 Å². The van der Waals surface area contributed by atoms with Gasteiger partial charge >= 0.3 is 0 Å². The van der Waals surface area contributed by atoms with Gasteiger partial charge in [-0.2, -0.15) is 10.5 Å². The minimum atomic E-state index is 0.392. The van der Waals surface area contributed by atoms with Crippen LogP contribution in [0.25, 0.3) is 38.1 Å². The van der Waals surface area contributed by atoms with Crippen molar-refractivity contribution in [2.45, 2.75) is 13.8 Å². The molecule has 0 aliphatic carbocycles. The molecule has 0 saturated heterocycles. The van der Waals surface area contributed by atoms with Gasteiger partial charge < -0.3 is 14.3 Å². The number of fused-ring (bicyclic) bond motifs is 1. The van der Waals surface area contributed by atoms with Crippen LogP contribution in [-0.2, 0) is 0 Å². The van der Waals surface area contributed by atoms with E-state index in [0.717, 1.165) is 32.4 Å². The summed E-state index contributed by atoms with van der Waals surface area (Å²) in [4.78, 5) is 17.1. The minimum Gasteiger partial charge on any atom is -0.481 e. The van der Waals surface area contributed by atoms with Crippen molar-refractivity contribution in [1.29, 1.82) is 10.5 Å². The monoisotopic (exact) mass is 477 g/mol. The zero-order chi connectivity index (χ0) is 24.5. The molecule has 0 amide bonds. The van der Waals surface area contributed by atoms with Crippen LogP contribution in [0.15, 0.2) is 48.9 Å². The molecule has 8 nitrogen and oxygen atoms in total. The van der Waals surface area contributed by atoms with E-state index < -0.39 is 0 Å². The first-order valence-corrected chi connectivity index (χ1v) is 11.5. The Bertz CT molecular complexity index is 1680. The third-order valence-corrected chi connectivity index (χ3v) is 6.85. The van der Waals surface area contributed by atoms with Gasteiger partial charge in [-0.3, -0.25) is 4.98 Å². The molecule has 0 atom stereocenters. The Morgan fingerprint density at radius 2 is 2.06 bits per heavy atom. The van der Waals surface area contributed by atoms with Crippen LogP contribution in [-0.4, -0.2) is 31.6 Å². The highest BCUT2D eigenvalue weighted by Gasteiger charge is 2.18. The van der Waals surface area contributed by atoms with E-state index in [4.69, 9.17) is 4.74 Å². The second kappa shape index (κ2) is 8.90. The summed E-state index contributed by atoms with van der Waals surface area (Å²) in [6.07, 6.45) is 6.95. The quantitative estimate of drug-likeness (QED) is 0.337. The van der Waals surface area contributed by atoms with E-state index in [0.29, 0.717) is 33.9 Å². The van der Waals surface area contributed by atoms with Crippen molar-refractivity contribution in [2.75, 3.05) is 7.11 Å². The fraction of sp³-hybridized carbons (Fsp3) is 0.115. The van der Waals surface area contributed by atoms with Gasteiger partial charge in [0, 0.05) is 40.3 Å². The summed E-state index contributed by atoms with van der Waals surface area (Å²) in [6, 6.07) is 14.0. The summed E-state index contributed by atoms with van der Waals surface area (Å²) >= 11 is 1.54. The highest BCUT2D eigenvalue weighted by atomic mass is 32.1. The second-order valence-corrected chi connectivity index (χ2v) is 8.87. The Kier molecular flexibility index (Phi) is 5.61. The summed E-state index contributed by atoms with van der Waals surface area (Å²) in [6.45, 7) is 3.96. The van der Waals surface area contributed by atoms with Crippen LogP contribution in [0.4, 0.5) is 0 Å². The average molecular weight is 478 g/mol. The van der Waals surface area contributed by atoms with Gasteiger partial charge in [-0.05, 0) is 43.7 Å². The summed E-state index contributed by atoms with van der Waals surface area (Å²) in [5.41, 5.74) is 6.08. The first-order valence-electron chi connectivity index (χ1n) is 10.7. The summed E-state index contributed by atoms with van der Waals surface area (Å²) in [7, 11) is 1.54. The molecule has 0 fully saturated rings. The Morgan fingerprint density at radius 3 is 2.77 bits per heavy atom. The van der Waals surface area contributed by atoms with Crippen LogP contribution in [0.1, 0.15) is 28.3 Å². The number of thiophene rings is 1. The number of aromatic nitrogens is 5. The fourth-order valence-corrected chi connectivity index (χ4v) is 5.17. The molecule has 35 heavy (non-hydrogen) atoms. The van der Waals surface area contributed by atoms with Gasteiger partial charge in [-0.1, -0.05) is 6.07 Å². The molecule has 5 rings (SSSR count). The molecule has 5 heterocycles. The van der Waals surface area contributed by atoms with Crippen molar-refractivity contribution in [2.24, 2.45) is 0 Å². The third-order valence-electron chi connectivity index (χ3n) is 5.68. The van der Waals surface area contributed by atoms with Crippen LogP contribution >= 0.6 is 11.3 Å². The maximum atomic E-state index is 9.89. The lowest BCUT2D eigenvalue weighted by atomic mass is 10.1. The molecule has 0 aromatic carbocycles. The number of pyridine rings is 2. The number of hydrogen-bond acceptors (Lipinski definition) is 7. The predicted molar refractivity (Wildman–Crippen MR) is 135 cm³/mol. The largest absolute Gasteiger partial charge is 0.481 e. The number of rotatable bonds is 5. The first kappa shape index (κ1) is 22.1. The number of methoxy groups -OCH3 is 1. The van der Waals surface area contributed by atoms with E-state index >= 15 is 0 Å². The van der Waals surface area contributed by atoms with Crippen molar-refractivity contribution in [3.63, 3.8) is 0 Å². The first-order chi connectivity index (χ1) is 17.0. The van der Waals surface area contributed by atoms with Crippen molar-refractivity contribution in [1.82, 2.24) is 24.5 Å². The SMILES string of the molecule is COc1cc2nc(/C(C#N)=C/c3cc(C)n(-c4sc(-c5cccnc5)cc4C#N)c3C)[nH]c2cn1. The summed E-state index contributed by atoms with van der Waals surface area (Å²) < 4.78 is 7.22. The average Bonchev–Trinajstić information content (AvgIpc) is 3.57. The van der Waals surface area contributed by atoms with Crippen molar-refractivity contribution in [3.05, 3.63) is 77.3 Å². The van der Waals surface area contributed by atoms with Crippen LogP contribution in [0.5, 0.6) is 5.88 Å². The molecule has 0 radical (unpaired) electrons. The zero-order valence-electron chi connectivity index (χ0n) is 19.2. The lowest BCUT2D eigenvalue weighted by Gasteiger charge is -2.07. The predicted octanol–water partition coefficient (Wildman–Crippen LogP) is 5.43. The van der Waals surface area contributed by atoms with Gasteiger partial charge in [0.05, 0.1) is 35.5 Å². The fourth-order valence-electron chi connectivity index (χ4n) is 3.96. The van der Waals surface area contributed by atoms with E-state index in [2.05, 4.69) is 36.6 Å². The minimum absolute atomic E-state index is 0.392. The second-order valence-electron chi connectivity index (χ2n) is 7.84. The number of nitrogens with zero attached hydrogens (tertiary/aromatic N) is 6. The van der Waals surface area contributed by atoms with Crippen LogP contribution < -0.4 is 4.74 Å². The Morgan fingerprint density at radius 1 is 1.20 bits per heavy atom. The van der Waals surface area contributed by atoms with Crippen molar-refractivity contribution < 1.29 is 4.74 Å². The number of aryl methyl sites for hydroxylation is 1. The molecular weight excluding hydrogens is 458 g/mol. The molecule has 5 aromatic heterocycles. The zero-order valence-corrected chi connectivity index (χ0v) is 20.0. The van der Waals surface area contributed by atoms with Crippen LogP contribution in [0.3, 0.4) is 0 Å². The normalized spacial score (nSPS) is 11.4. The lowest BCUT2D eigenvalue weighted by Crippen LogP contribution is -1.98. The molecule has 0 saturated carbocycles. The number of ether oxygens (including phenoxy) is 1. The molecule has 0 unspecified atom stereocenters. The van der Waals surface area contributed by atoms with E-state index in [1.54, 1.807) is 31.8 Å². The number of hydrogen-bond donors (Lipinski definition) is 1. The Labute approximate surface area is 205 Å². The van der Waals surface area contributed by atoms with Crippen molar-refractivity contribution in [3.8, 4) is 33.5 Å². The number of nitrogens with one attached hydrogen (secondary N) is 1. The third kappa shape index (κ3) is 3.95. The topological polar surface area (TPSA) is 116 Å². The number of imidazole rings is 1. The van der Waals surface area contributed by atoms with Gasteiger partial charge in [0.1, 0.15) is 23.0 Å². The number of H-pyrrole nitrogens is 1. The molecule has 0 spiro atoms. The number of allylic oxidation sites excluding steroid dienone is 1. The molecule has 0 bridgehead atoms. The van der Waals surface area contributed by atoms with Crippen LogP contribution in [0, 0.1) is 36.5 Å². The lowest BCUT2D eigenvalue weighted by molar-refractivity contribution is 0.398. The highest BCUT2D eigenvalue weighted by Crippen LogP contribution is 2.36. The molecule has 1 N–H and O–H groups in total. The van der Waals surface area contributed by atoms with Gasteiger partial charge in [0.2, 0.25) is 5.88 Å². The van der Waals surface area contributed by atoms with E-state index in [-0.39, 0.29) is 0 Å². The van der Waals surface area contributed by atoms with Crippen molar-refractivity contribution >= 4 is 34.0 Å². The Balaban J connectivity index is 1.58. The summed E-state index contributed by atoms with van der Waals surface area (Å²) in [5, 5.41) is 20.5. The maximum Gasteiger partial charge on any atom is 0.215 e. The molecular formula is C26H19N7OS. The van der Waals surface area contributed by atoms with Gasteiger partial charge in [0.25, 0.3) is 0 Å². The molecule has 0 aliphatic rings. The highest BCUT2D eigenvalue weighted by molar-refractivity contribution is 7.18. The number of nitriles is 2. The van der Waals surface area contributed by atoms with Crippen LogP contribution in [0.2, 0.25) is 0 Å². The Hall–Kier alpha value is -4.73. The molecule has 5 aromatic rings. The molecule has 9 heteroatoms.